The van der Waals surface area contributed by atoms with Crippen LogP contribution in [0.5, 0.6) is 11.5 Å². The van der Waals surface area contributed by atoms with Crippen molar-refractivity contribution in [3.05, 3.63) is 18.2 Å². The van der Waals surface area contributed by atoms with Gasteiger partial charge in [-0.25, -0.2) is 8.42 Å². The molecule has 0 radical (unpaired) electrons. The Hall–Kier alpha value is -1.31. The van der Waals surface area contributed by atoms with Crippen LogP contribution in [0.4, 0.5) is 0 Å². The topological polar surface area (TPSA) is 76.1 Å². The third kappa shape index (κ3) is 2.89. The molecule has 0 atom stereocenters. The maximum atomic E-state index is 12.7. The fraction of sp³-hybridized carbons (Fsp3) is 0.538. The molecule has 1 saturated carbocycles. The van der Waals surface area contributed by atoms with Crippen molar-refractivity contribution < 1.29 is 23.0 Å². The number of aliphatic hydroxyl groups excluding tert-OH is 1. The van der Waals surface area contributed by atoms with Crippen LogP contribution in [0.1, 0.15) is 12.8 Å². The van der Waals surface area contributed by atoms with Crippen LogP contribution in [0.2, 0.25) is 0 Å². The van der Waals surface area contributed by atoms with Crippen molar-refractivity contribution in [1.82, 2.24) is 4.31 Å². The van der Waals surface area contributed by atoms with E-state index < -0.39 is 10.0 Å². The fourth-order valence-corrected chi connectivity index (χ4v) is 3.92. The Kier molecular flexibility index (Phi) is 4.52. The Labute approximate surface area is 119 Å². The molecule has 7 heteroatoms. The van der Waals surface area contributed by atoms with Crippen molar-refractivity contribution >= 4 is 10.0 Å². The average molecular weight is 301 g/mol. The molecular formula is C13H19NO5S. The lowest BCUT2D eigenvalue weighted by atomic mass is 10.3. The van der Waals surface area contributed by atoms with Gasteiger partial charge in [-0.15, -0.1) is 0 Å². The number of aliphatic hydroxyl groups is 1. The Bertz CT molecular complexity index is 568. The molecule has 1 N–H and O–H groups in total. The summed E-state index contributed by atoms with van der Waals surface area (Å²) in [6, 6.07) is 4.63. The SMILES string of the molecule is COc1ccc(OC)c(S(=O)(=O)N(CCO)C2CC2)c1. The summed E-state index contributed by atoms with van der Waals surface area (Å²) in [5.41, 5.74) is 0. The number of nitrogens with zero attached hydrogens (tertiary/aromatic N) is 1. The molecule has 1 aliphatic rings. The van der Waals surface area contributed by atoms with Gasteiger partial charge in [-0.3, -0.25) is 0 Å². The summed E-state index contributed by atoms with van der Waals surface area (Å²) in [6.07, 6.45) is 1.65. The summed E-state index contributed by atoms with van der Waals surface area (Å²) in [5, 5.41) is 9.09. The molecule has 1 fully saturated rings. The molecule has 112 valence electrons. The summed E-state index contributed by atoms with van der Waals surface area (Å²) in [7, 11) is -0.805. The largest absolute Gasteiger partial charge is 0.497 e. The van der Waals surface area contributed by atoms with Gasteiger partial charge in [0.25, 0.3) is 0 Å². The standard InChI is InChI=1S/C13H19NO5S/c1-18-11-5-6-12(19-2)13(9-11)20(16,17)14(7-8-15)10-3-4-10/h5-6,9-10,15H,3-4,7-8H2,1-2H3. The van der Waals surface area contributed by atoms with Crippen LogP contribution in [0.25, 0.3) is 0 Å². The number of sulfonamides is 1. The lowest BCUT2D eigenvalue weighted by Gasteiger charge is -2.22. The third-order valence-corrected chi connectivity index (χ3v) is 5.20. The van der Waals surface area contributed by atoms with E-state index in [-0.39, 0.29) is 29.8 Å². The van der Waals surface area contributed by atoms with E-state index in [9.17, 15) is 8.42 Å². The molecule has 2 rings (SSSR count). The minimum absolute atomic E-state index is 0.0249. The van der Waals surface area contributed by atoms with Crippen molar-refractivity contribution in [2.45, 2.75) is 23.8 Å². The summed E-state index contributed by atoms with van der Waals surface area (Å²) < 4.78 is 37.0. The van der Waals surface area contributed by atoms with E-state index in [2.05, 4.69) is 0 Å². The van der Waals surface area contributed by atoms with Crippen LogP contribution in [-0.2, 0) is 10.0 Å². The maximum Gasteiger partial charge on any atom is 0.247 e. The first-order chi connectivity index (χ1) is 9.54. The van der Waals surface area contributed by atoms with Crippen LogP contribution in [0.3, 0.4) is 0 Å². The second-order valence-corrected chi connectivity index (χ2v) is 6.45. The lowest BCUT2D eigenvalue weighted by molar-refractivity contribution is 0.250. The predicted molar refractivity (Wildman–Crippen MR) is 73.5 cm³/mol. The van der Waals surface area contributed by atoms with Gasteiger partial charge in [0.1, 0.15) is 16.4 Å². The first-order valence-electron chi connectivity index (χ1n) is 6.39. The third-order valence-electron chi connectivity index (χ3n) is 3.23. The predicted octanol–water partition coefficient (Wildman–Crippen LogP) is 0.849. The summed E-state index contributed by atoms with van der Waals surface area (Å²) in [6.45, 7) is -0.116. The fourth-order valence-electron chi connectivity index (χ4n) is 2.07. The molecule has 0 unspecified atom stereocenters. The van der Waals surface area contributed by atoms with E-state index in [1.54, 1.807) is 12.1 Å². The lowest BCUT2D eigenvalue weighted by Crippen LogP contribution is -2.35. The van der Waals surface area contributed by atoms with Gasteiger partial charge in [-0.1, -0.05) is 0 Å². The Balaban J connectivity index is 2.45. The highest BCUT2D eigenvalue weighted by atomic mass is 32.2. The zero-order valence-electron chi connectivity index (χ0n) is 11.6. The van der Waals surface area contributed by atoms with Crippen molar-refractivity contribution in [3.63, 3.8) is 0 Å². The second-order valence-electron chi connectivity index (χ2n) is 4.59. The van der Waals surface area contributed by atoms with Crippen LogP contribution in [-0.4, -0.2) is 51.2 Å². The van der Waals surface area contributed by atoms with E-state index in [4.69, 9.17) is 14.6 Å². The smallest absolute Gasteiger partial charge is 0.247 e. The van der Waals surface area contributed by atoms with Gasteiger partial charge >= 0.3 is 0 Å². The van der Waals surface area contributed by atoms with Gasteiger partial charge in [0.05, 0.1) is 20.8 Å². The number of ether oxygens (including phenoxy) is 2. The molecule has 0 bridgehead atoms. The number of methoxy groups -OCH3 is 2. The Morgan fingerprint density at radius 1 is 1.30 bits per heavy atom. The van der Waals surface area contributed by atoms with Gasteiger partial charge < -0.3 is 14.6 Å². The minimum Gasteiger partial charge on any atom is -0.497 e. The molecule has 6 nitrogen and oxygen atoms in total. The normalized spacial score (nSPS) is 15.4. The molecular weight excluding hydrogens is 282 g/mol. The van der Waals surface area contributed by atoms with E-state index in [1.165, 1.54) is 24.6 Å². The minimum atomic E-state index is -3.71. The zero-order chi connectivity index (χ0) is 14.8. The van der Waals surface area contributed by atoms with Crippen LogP contribution >= 0.6 is 0 Å². The molecule has 1 aliphatic carbocycles. The second kappa shape index (κ2) is 5.99. The highest BCUT2D eigenvalue weighted by molar-refractivity contribution is 7.89. The maximum absolute atomic E-state index is 12.7. The van der Waals surface area contributed by atoms with Crippen molar-refractivity contribution in [2.75, 3.05) is 27.4 Å². The van der Waals surface area contributed by atoms with Gasteiger partial charge in [-0.2, -0.15) is 4.31 Å². The Morgan fingerprint density at radius 3 is 2.50 bits per heavy atom. The molecule has 0 heterocycles. The summed E-state index contributed by atoms with van der Waals surface area (Å²) in [4.78, 5) is 0.0692. The van der Waals surface area contributed by atoms with E-state index in [0.717, 1.165) is 12.8 Å². The molecule has 0 aliphatic heterocycles. The van der Waals surface area contributed by atoms with Gasteiger partial charge in [0, 0.05) is 18.7 Å². The highest BCUT2D eigenvalue weighted by Gasteiger charge is 2.39. The molecule has 1 aromatic carbocycles. The van der Waals surface area contributed by atoms with Crippen LogP contribution in [0.15, 0.2) is 23.1 Å². The first kappa shape index (κ1) is 15.1. The molecule has 0 saturated heterocycles. The highest BCUT2D eigenvalue weighted by Crippen LogP contribution is 2.36. The quantitative estimate of drug-likeness (QED) is 0.808. The van der Waals surface area contributed by atoms with Gasteiger partial charge in [0.2, 0.25) is 10.0 Å². The molecule has 0 amide bonds. The monoisotopic (exact) mass is 301 g/mol. The van der Waals surface area contributed by atoms with Crippen molar-refractivity contribution in [1.29, 1.82) is 0 Å². The number of hydrogen-bond donors (Lipinski definition) is 1. The van der Waals surface area contributed by atoms with Crippen LogP contribution in [0, 0.1) is 0 Å². The molecule has 0 spiro atoms. The van der Waals surface area contributed by atoms with Gasteiger partial charge in [0.15, 0.2) is 0 Å². The van der Waals surface area contributed by atoms with Crippen molar-refractivity contribution in [2.24, 2.45) is 0 Å². The number of rotatable bonds is 7. The summed E-state index contributed by atoms with van der Waals surface area (Å²) >= 11 is 0. The average Bonchev–Trinajstić information content (AvgIpc) is 3.28. The van der Waals surface area contributed by atoms with E-state index in [1.807, 2.05) is 0 Å². The number of benzene rings is 1. The molecule has 1 aromatic rings. The first-order valence-corrected chi connectivity index (χ1v) is 7.83. The van der Waals surface area contributed by atoms with Crippen LogP contribution < -0.4 is 9.47 Å². The van der Waals surface area contributed by atoms with E-state index in [0.29, 0.717) is 5.75 Å². The summed E-state index contributed by atoms with van der Waals surface area (Å²) in [5.74, 6) is 0.721. The Morgan fingerprint density at radius 2 is 2.00 bits per heavy atom. The molecule has 20 heavy (non-hydrogen) atoms. The zero-order valence-corrected chi connectivity index (χ0v) is 12.4. The van der Waals surface area contributed by atoms with E-state index >= 15 is 0 Å². The van der Waals surface area contributed by atoms with Crippen molar-refractivity contribution in [3.8, 4) is 11.5 Å². The van der Waals surface area contributed by atoms with Gasteiger partial charge in [-0.05, 0) is 25.0 Å². The molecule has 0 aromatic heterocycles. The number of hydrogen-bond acceptors (Lipinski definition) is 5.